The van der Waals surface area contributed by atoms with Crippen molar-refractivity contribution in [1.29, 1.82) is 0 Å². The monoisotopic (exact) mass is 263 g/mol. The van der Waals surface area contributed by atoms with E-state index in [-0.39, 0.29) is 0 Å². The fourth-order valence-corrected chi connectivity index (χ4v) is 2.38. The average Bonchev–Trinajstić information content (AvgIpc) is 2.90. The van der Waals surface area contributed by atoms with Crippen LogP contribution in [-0.4, -0.2) is 30.2 Å². The lowest BCUT2D eigenvalue weighted by Gasteiger charge is -2.24. The van der Waals surface area contributed by atoms with Crippen molar-refractivity contribution in [2.45, 2.75) is 19.4 Å². The molecule has 0 aliphatic carbocycles. The smallest absolute Gasteiger partial charge is 0.228 e. The SMILES string of the molecule is COc1ccnc(N(C)C(C)Cc2ccsc2)n1. The maximum absolute atomic E-state index is 5.11. The van der Waals surface area contributed by atoms with Gasteiger partial charge in [-0.15, -0.1) is 0 Å². The van der Waals surface area contributed by atoms with Crippen molar-refractivity contribution in [1.82, 2.24) is 9.97 Å². The highest BCUT2D eigenvalue weighted by Crippen LogP contribution is 2.16. The first-order valence-electron chi connectivity index (χ1n) is 5.81. The predicted molar refractivity (Wildman–Crippen MR) is 74.5 cm³/mol. The van der Waals surface area contributed by atoms with E-state index in [1.54, 1.807) is 30.7 Å². The van der Waals surface area contributed by atoms with Gasteiger partial charge in [0.15, 0.2) is 0 Å². The quantitative estimate of drug-likeness (QED) is 0.831. The Morgan fingerprint density at radius 3 is 2.94 bits per heavy atom. The molecule has 1 unspecified atom stereocenters. The van der Waals surface area contributed by atoms with Gasteiger partial charge in [0.1, 0.15) is 0 Å². The second-order valence-corrected chi connectivity index (χ2v) is 4.97. The molecule has 0 aliphatic heterocycles. The number of ether oxygens (including phenoxy) is 1. The summed E-state index contributed by atoms with van der Waals surface area (Å²) in [5, 5.41) is 4.28. The summed E-state index contributed by atoms with van der Waals surface area (Å²) in [6.07, 6.45) is 2.70. The van der Waals surface area contributed by atoms with Gasteiger partial charge in [0.2, 0.25) is 11.8 Å². The molecule has 96 valence electrons. The van der Waals surface area contributed by atoms with E-state index < -0.39 is 0 Å². The Bertz CT molecular complexity index is 487. The molecule has 2 aromatic rings. The Morgan fingerprint density at radius 1 is 1.44 bits per heavy atom. The van der Waals surface area contributed by atoms with E-state index in [2.05, 4.69) is 38.6 Å². The van der Waals surface area contributed by atoms with Crippen LogP contribution in [0.3, 0.4) is 0 Å². The Balaban J connectivity index is 2.07. The highest BCUT2D eigenvalue weighted by atomic mass is 32.1. The highest BCUT2D eigenvalue weighted by Gasteiger charge is 2.13. The van der Waals surface area contributed by atoms with Crippen molar-refractivity contribution in [2.75, 3.05) is 19.1 Å². The Labute approximate surface area is 111 Å². The normalized spacial score (nSPS) is 12.2. The number of likely N-dealkylation sites (N-methyl/N-ethyl adjacent to an activating group) is 1. The zero-order chi connectivity index (χ0) is 13.0. The maximum Gasteiger partial charge on any atom is 0.228 e. The third-order valence-electron chi connectivity index (χ3n) is 2.91. The van der Waals surface area contributed by atoms with E-state index in [0.29, 0.717) is 17.9 Å². The summed E-state index contributed by atoms with van der Waals surface area (Å²) in [5.41, 5.74) is 1.35. The van der Waals surface area contributed by atoms with Gasteiger partial charge in [0, 0.05) is 25.4 Å². The van der Waals surface area contributed by atoms with Gasteiger partial charge in [0.05, 0.1) is 7.11 Å². The van der Waals surface area contributed by atoms with Crippen LogP contribution in [0.1, 0.15) is 12.5 Å². The predicted octanol–water partition coefficient (Wildman–Crippen LogP) is 2.61. The van der Waals surface area contributed by atoms with Gasteiger partial charge in [-0.25, -0.2) is 4.98 Å². The van der Waals surface area contributed by atoms with Crippen molar-refractivity contribution in [2.24, 2.45) is 0 Å². The topological polar surface area (TPSA) is 38.2 Å². The lowest BCUT2D eigenvalue weighted by molar-refractivity contribution is 0.396. The molecule has 2 heterocycles. The van der Waals surface area contributed by atoms with Crippen LogP contribution in [0.25, 0.3) is 0 Å². The molecular formula is C13H17N3OS. The van der Waals surface area contributed by atoms with Crippen molar-refractivity contribution in [3.8, 4) is 5.88 Å². The second-order valence-electron chi connectivity index (χ2n) is 4.19. The molecule has 0 saturated heterocycles. The minimum atomic E-state index is 0.340. The van der Waals surface area contributed by atoms with Crippen LogP contribution in [0.5, 0.6) is 5.88 Å². The van der Waals surface area contributed by atoms with Crippen LogP contribution in [0.2, 0.25) is 0 Å². The van der Waals surface area contributed by atoms with Gasteiger partial charge in [-0.2, -0.15) is 16.3 Å². The molecule has 4 nitrogen and oxygen atoms in total. The van der Waals surface area contributed by atoms with Crippen LogP contribution in [0.4, 0.5) is 5.95 Å². The van der Waals surface area contributed by atoms with Crippen LogP contribution >= 0.6 is 11.3 Å². The van der Waals surface area contributed by atoms with E-state index in [0.717, 1.165) is 6.42 Å². The van der Waals surface area contributed by atoms with Crippen molar-refractivity contribution >= 4 is 17.3 Å². The number of anilines is 1. The molecule has 5 heteroatoms. The number of methoxy groups -OCH3 is 1. The molecule has 0 bridgehead atoms. The zero-order valence-electron chi connectivity index (χ0n) is 10.8. The summed E-state index contributed by atoms with van der Waals surface area (Å²) in [4.78, 5) is 10.7. The minimum absolute atomic E-state index is 0.340. The number of nitrogens with zero attached hydrogens (tertiary/aromatic N) is 3. The third kappa shape index (κ3) is 2.98. The molecule has 0 N–H and O–H groups in total. The molecule has 2 rings (SSSR count). The zero-order valence-corrected chi connectivity index (χ0v) is 11.6. The summed E-state index contributed by atoms with van der Waals surface area (Å²) in [7, 11) is 3.62. The molecular weight excluding hydrogens is 246 g/mol. The Kier molecular flexibility index (Phi) is 4.15. The van der Waals surface area contributed by atoms with Gasteiger partial charge >= 0.3 is 0 Å². The summed E-state index contributed by atoms with van der Waals surface area (Å²) >= 11 is 1.73. The molecule has 1 atom stereocenters. The van der Waals surface area contributed by atoms with Crippen LogP contribution in [0.15, 0.2) is 29.1 Å². The first-order valence-corrected chi connectivity index (χ1v) is 6.76. The molecule has 18 heavy (non-hydrogen) atoms. The van der Waals surface area contributed by atoms with E-state index >= 15 is 0 Å². The van der Waals surface area contributed by atoms with E-state index in [9.17, 15) is 0 Å². The Hall–Kier alpha value is -1.62. The summed E-state index contributed by atoms with van der Waals surface area (Å²) in [6, 6.07) is 4.24. The fraction of sp³-hybridized carbons (Fsp3) is 0.385. The summed E-state index contributed by atoms with van der Waals surface area (Å²) in [6.45, 7) is 2.17. The van der Waals surface area contributed by atoms with Crippen molar-refractivity contribution in [3.63, 3.8) is 0 Å². The van der Waals surface area contributed by atoms with Crippen molar-refractivity contribution in [3.05, 3.63) is 34.7 Å². The molecule has 0 radical (unpaired) electrons. The summed E-state index contributed by atoms with van der Waals surface area (Å²) < 4.78 is 5.11. The molecule has 0 fully saturated rings. The molecule has 0 aromatic carbocycles. The number of rotatable bonds is 5. The maximum atomic E-state index is 5.11. The van der Waals surface area contributed by atoms with Gasteiger partial charge in [-0.3, -0.25) is 0 Å². The van der Waals surface area contributed by atoms with E-state index in [4.69, 9.17) is 4.74 Å². The van der Waals surface area contributed by atoms with Crippen LogP contribution < -0.4 is 9.64 Å². The molecule has 0 saturated carbocycles. The second kappa shape index (κ2) is 5.82. The van der Waals surface area contributed by atoms with Gasteiger partial charge < -0.3 is 9.64 Å². The first kappa shape index (κ1) is 12.8. The average molecular weight is 263 g/mol. The van der Waals surface area contributed by atoms with Gasteiger partial charge in [-0.1, -0.05) is 0 Å². The molecule has 0 amide bonds. The van der Waals surface area contributed by atoms with Crippen LogP contribution in [0, 0.1) is 0 Å². The fourth-order valence-electron chi connectivity index (χ4n) is 1.70. The van der Waals surface area contributed by atoms with Crippen LogP contribution in [-0.2, 0) is 6.42 Å². The van der Waals surface area contributed by atoms with E-state index in [1.165, 1.54) is 5.56 Å². The van der Waals surface area contributed by atoms with E-state index in [1.807, 2.05) is 7.05 Å². The van der Waals surface area contributed by atoms with Gasteiger partial charge in [-0.05, 0) is 35.7 Å². The lowest BCUT2D eigenvalue weighted by atomic mass is 10.1. The third-order valence-corrected chi connectivity index (χ3v) is 3.65. The van der Waals surface area contributed by atoms with Crippen molar-refractivity contribution < 1.29 is 4.74 Å². The largest absolute Gasteiger partial charge is 0.481 e. The molecule has 2 aromatic heterocycles. The van der Waals surface area contributed by atoms with Gasteiger partial charge in [0.25, 0.3) is 0 Å². The lowest BCUT2D eigenvalue weighted by Crippen LogP contribution is -2.32. The minimum Gasteiger partial charge on any atom is -0.481 e. The summed E-state index contributed by atoms with van der Waals surface area (Å²) in [5.74, 6) is 1.28. The Morgan fingerprint density at radius 2 is 2.28 bits per heavy atom. The molecule has 0 spiro atoms. The highest BCUT2D eigenvalue weighted by molar-refractivity contribution is 7.07. The number of thiophene rings is 1. The first-order chi connectivity index (χ1) is 8.70. The number of aromatic nitrogens is 2. The number of hydrogen-bond acceptors (Lipinski definition) is 5. The number of hydrogen-bond donors (Lipinski definition) is 0. The standard InChI is InChI=1S/C13H17N3OS/c1-10(8-11-5-7-18-9-11)16(2)13-14-6-4-12(15-13)17-3/h4-7,9-10H,8H2,1-3H3. The molecule has 0 aliphatic rings.